The predicted molar refractivity (Wildman–Crippen MR) is 115 cm³/mol. The molecule has 2 aromatic carbocycles. The Hall–Kier alpha value is -3.42. The maximum absolute atomic E-state index is 13.3. The van der Waals surface area contributed by atoms with E-state index in [0.29, 0.717) is 41.8 Å². The van der Waals surface area contributed by atoms with E-state index in [4.69, 9.17) is 28.5 Å². The molecule has 0 amide bonds. The molecule has 0 N–H and O–H groups in total. The van der Waals surface area contributed by atoms with E-state index in [1.807, 2.05) is 31.2 Å². The van der Waals surface area contributed by atoms with Crippen molar-refractivity contribution in [3.8, 4) is 28.7 Å². The molecule has 0 saturated carbocycles. The van der Waals surface area contributed by atoms with Crippen LogP contribution in [0.1, 0.15) is 36.0 Å². The van der Waals surface area contributed by atoms with Gasteiger partial charge in [0, 0.05) is 23.8 Å². The summed E-state index contributed by atoms with van der Waals surface area (Å²) < 4.78 is 28.0. The molecule has 0 aromatic heterocycles. The summed E-state index contributed by atoms with van der Waals surface area (Å²) in [6, 6.07) is 7.72. The number of carbonyl (C=O) groups is 1. The lowest BCUT2D eigenvalue weighted by atomic mass is 9.64. The average Bonchev–Trinajstić information content (AvgIpc) is 3.49. The van der Waals surface area contributed by atoms with Crippen LogP contribution in [0, 0.1) is 11.8 Å². The fraction of sp³-hybridized carbons (Fsp3) is 0.417. The molecule has 0 saturated heterocycles. The van der Waals surface area contributed by atoms with Crippen molar-refractivity contribution >= 4 is 11.5 Å². The maximum atomic E-state index is 13.3. The van der Waals surface area contributed by atoms with Crippen molar-refractivity contribution in [3.63, 3.8) is 0 Å². The van der Waals surface area contributed by atoms with Crippen LogP contribution in [0.3, 0.4) is 0 Å². The van der Waals surface area contributed by atoms with Gasteiger partial charge in [-0.2, -0.15) is 0 Å². The van der Waals surface area contributed by atoms with Crippen LogP contribution in [0.25, 0.3) is 0 Å². The summed E-state index contributed by atoms with van der Waals surface area (Å²) in [5, 5.41) is 4.31. The van der Waals surface area contributed by atoms with Crippen LogP contribution in [0.2, 0.25) is 0 Å². The van der Waals surface area contributed by atoms with Crippen molar-refractivity contribution in [1.29, 1.82) is 0 Å². The van der Waals surface area contributed by atoms with Gasteiger partial charge in [-0.3, -0.25) is 4.79 Å². The summed E-state index contributed by atoms with van der Waals surface area (Å²) in [5.41, 5.74) is 3.53. The highest BCUT2D eigenvalue weighted by atomic mass is 16.7. The number of Topliss-reactive ketones (excluding diaryl/α,β-unsaturated/α-hetero) is 1. The fourth-order valence-corrected chi connectivity index (χ4v) is 5.03. The lowest BCUT2D eigenvalue weighted by Crippen LogP contribution is -2.40. The maximum Gasteiger partial charge on any atom is 0.231 e. The third-order valence-corrected chi connectivity index (χ3v) is 6.48. The van der Waals surface area contributed by atoms with Gasteiger partial charge < -0.3 is 28.5 Å². The van der Waals surface area contributed by atoms with Crippen molar-refractivity contribution in [1.82, 2.24) is 0 Å². The monoisotopic (exact) mass is 439 g/mol. The molecule has 1 aliphatic carbocycles. The second kappa shape index (κ2) is 7.93. The number of fused-ring (bicyclic) bond motifs is 4. The van der Waals surface area contributed by atoms with Gasteiger partial charge in [0.2, 0.25) is 12.5 Å². The Labute approximate surface area is 186 Å². The highest BCUT2D eigenvalue weighted by Gasteiger charge is 2.48. The number of benzene rings is 2. The Morgan fingerprint density at radius 1 is 1.03 bits per heavy atom. The number of ketones is 1. The third-order valence-electron chi connectivity index (χ3n) is 6.48. The number of carbonyl (C=O) groups excluding carboxylic acids is 1. The normalized spacial score (nSPS) is 22.4. The molecule has 2 heterocycles. The highest BCUT2D eigenvalue weighted by Crippen LogP contribution is 2.52. The topological polar surface area (TPSA) is 84.8 Å². The van der Waals surface area contributed by atoms with Crippen LogP contribution in [0.4, 0.5) is 0 Å². The number of methoxy groups -OCH3 is 3. The van der Waals surface area contributed by atoms with Gasteiger partial charge in [0.15, 0.2) is 23.0 Å². The lowest BCUT2D eigenvalue weighted by molar-refractivity contribution is -0.124. The van der Waals surface area contributed by atoms with Crippen LogP contribution in [-0.4, -0.2) is 46.2 Å². The van der Waals surface area contributed by atoms with E-state index in [2.05, 4.69) is 5.16 Å². The van der Waals surface area contributed by atoms with Gasteiger partial charge >= 0.3 is 0 Å². The fourth-order valence-electron chi connectivity index (χ4n) is 5.03. The molecule has 8 nitrogen and oxygen atoms in total. The van der Waals surface area contributed by atoms with Crippen molar-refractivity contribution in [3.05, 3.63) is 41.0 Å². The van der Waals surface area contributed by atoms with Crippen LogP contribution in [-0.2, 0) is 9.63 Å². The third kappa shape index (κ3) is 2.97. The Balaban J connectivity index is 1.77. The number of rotatable bonds is 6. The Morgan fingerprint density at radius 3 is 2.34 bits per heavy atom. The van der Waals surface area contributed by atoms with Gasteiger partial charge in [0.25, 0.3) is 0 Å². The summed E-state index contributed by atoms with van der Waals surface area (Å²) >= 11 is 0. The Morgan fingerprint density at radius 2 is 1.72 bits per heavy atom. The predicted octanol–water partition coefficient (Wildman–Crippen LogP) is 3.53. The van der Waals surface area contributed by atoms with Crippen LogP contribution < -0.4 is 23.7 Å². The van der Waals surface area contributed by atoms with Gasteiger partial charge in [0.1, 0.15) is 12.4 Å². The first-order chi connectivity index (χ1) is 15.6. The SMILES string of the molecule is CCC(=O)[C@@H]1[C@H](c2cc(OC)c(OC)c(OC)c2)c2cc3c(cc2C2=NOC[C@H]21)OCO3. The van der Waals surface area contributed by atoms with Crippen LogP contribution in [0.15, 0.2) is 29.4 Å². The van der Waals surface area contributed by atoms with E-state index >= 15 is 0 Å². The zero-order chi connectivity index (χ0) is 22.4. The molecule has 2 aliphatic heterocycles. The Bertz CT molecular complexity index is 1080. The van der Waals surface area contributed by atoms with E-state index in [9.17, 15) is 4.79 Å². The summed E-state index contributed by atoms with van der Waals surface area (Å²) in [6.07, 6.45) is 0.412. The molecule has 5 rings (SSSR count). The van der Waals surface area contributed by atoms with Crippen LogP contribution in [0.5, 0.6) is 28.7 Å². The first-order valence-electron chi connectivity index (χ1n) is 10.6. The smallest absolute Gasteiger partial charge is 0.231 e. The summed E-state index contributed by atoms with van der Waals surface area (Å²) in [6.45, 7) is 2.41. The minimum absolute atomic E-state index is 0.148. The molecule has 0 fully saturated rings. The zero-order valence-electron chi connectivity index (χ0n) is 18.5. The number of oxime groups is 1. The van der Waals surface area contributed by atoms with E-state index < -0.39 is 0 Å². The second-order valence-electron chi connectivity index (χ2n) is 7.95. The molecule has 3 atom stereocenters. The summed E-state index contributed by atoms with van der Waals surface area (Å²) in [7, 11) is 4.73. The molecule has 2 aromatic rings. The quantitative estimate of drug-likeness (QED) is 0.681. The van der Waals surface area contributed by atoms with Crippen LogP contribution >= 0.6 is 0 Å². The summed E-state index contributed by atoms with van der Waals surface area (Å²) in [4.78, 5) is 18.8. The first kappa shape index (κ1) is 20.5. The van der Waals surface area contributed by atoms with E-state index in [0.717, 1.165) is 22.4 Å². The van der Waals surface area contributed by atoms with Gasteiger partial charge in [-0.25, -0.2) is 0 Å². The molecule has 3 aliphatic rings. The molecule has 0 unspecified atom stereocenters. The molecular formula is C24H25NO7. The van der Waals surface area contributed by atoms with E-state index in [1.165, 1.54) is 0 Å². The molecular weight excluding hydrogens is 414 g/mol. The molecule has 0 spiro atoms. The number of hydrogen-bond donors (Lipinski definition) is 0. The van der Waals surface area contributed by atoms with E-state index in [-0.39, 0.29) is 30.3 Å². The minimum atomic E-state index is -0.350. The molecule has 32 heavy (non-hydrogen) atoms. The molecule has 0 radical (unpaired) electrons. The average molecular weight is 439 g/mol. The van der Waals surface area contributed by atoms with Gasteiger partial charge in [0.05, 0.1) is 33.0 Å². The van der Waals surface area contributed by atoms with Gasteiger partial charge in [-0.15, -0.1) is 0 Å². The largest absolute Gasteiger partial charge is 0.493 e. The Kier molecular flexibility index (Phi) is 5.07. The second-order valence-corrected chi connectivity index (χ2v) is 7.95. The highest BCUT2D eigenvalue weighted by molar-refractivity contribution is 6.09. The van der Waals surface area contributed by atoms with Crippen molar-refractivity contribution in [2.75, 3.05) is 34.7 Å². The zero-order valence-corrected chi connectivity index (χ0v) is 18.5. The van der Waals surface area contributed by atoms with Gasteiger partial charge in [-0.1, -0.05) is 12.1 Å². The van der Waals surface area contributed by atoms with E-state index in [1.54, 1.807) is 21.3 Å². The molecule has 8 heteroatoms. The minimum Gasteiger partial charge on any atom is -0.493 e. The lowest BCUT2D eigenvalue weighted by Gasteiger charge is -2.37. The standard InChI is InChI=1S/C24H25NO7/c1-5-16(26)22-15-10-32-25-23(15)14-9-18-17(30-11-31-18)8-13(14)21(22)12-6-19(27-2)24(29-4)20(7-12)28-3/h6-9,15,21-22H,5,10-11H2,1-4H3/t15-,21+,22+/m0/s1. The number of ether oxygens (including phenoxy) is 5. The van der Waals surface area contributed by atoms with Crippen molar-refractivity contribution in [2.45, 2.75) is 19.3 Å². The van der Waals surface area contributed by atoms with Crippen molar-refractivity contribution < 1.29 is 33.3 Å². The van der Waals surface area contributed by atoms with Gasteiger partial charge in [-0.05, 0) is 35.4 Å². The number of nitrogens with zero attached hydrogens (tertiary/aromatic N) is 1. The molecule has 0 bridgehead atoms. The summed E-state index contributed by atoms with van der Waals surface area (Å²) in [5.74, 6) is 2.27. The first-order valence-corrected chi connectivity index (χ1v) is 10.6. The molecule has 168 valence electrons. The van der Waals surface area contributed by atoms with Crippen molar-refractivity contribution in [2.24, 2.45) is 17.0 Å². The number of hydrogen-bond acceptors (Lipinski definition) is 8.